The number of hydrogen-bond donors (Lipinski definition) is 1. The number of carbonyl (C=O) groups excluding carboxylic acids is 1. The van der Waals surface area contributed by atoms with E-state index in [4.69, 9.17) is 0 Å². The Balaban J connectivity index is 1.76. The maximum absolute atomic E-state index is 13.9. The average Bonchev–Trinajstić information content (AvgIpc) is 2.93. The molecule has 1 saturated heterocycles. The molecule has 41 heavy (non-hydrogen) atoms. The number of amides is 1. The molecular formula is C31H35F3N6O. The zero-order chi connectivity index (χ0) is 30.0. The second-order valence-corrected chi connectivity index (χ2v) is 9.82. The van der Waals surface area contributed by atoms with Crippen LogP contribution in [0, 0.1) is 18.8 Å². The Morgan fingerprint density at radius 2 is 1.85 bits per heavy atom. The molecular weight excluding hydrogens is 529 g/mol. The first-order valence-corrected chi connectivity index (χ1v) is 13.3. The highest BCUT2D eigenvalue weighted by atomic mass is 19.4. The monoisotopic (exact) mass is 564 g/mol. The molecule has 1 aromatic carbocycles. The molecule has 1 N–H and O–H groups in total. The van der Waals surface area contributed by atoms with E-state index in [0.717, 1.165) is 19.2 Å². The summed E-state index contributed by atoms with van der Waals surface area (Å²) >= 11 is 0. The van der Waals surface area contributed by atoms with Gasteiger partial charge in [0, 0.05) is 50.2 Å². The second kappa shape index (κ2) is 14.5. The molecule has 10 heteroatoms. The predicted molar refractivity (Wildman–Crippen MR) is 158 cm³/mol. The molecule has 216 valence electrons. The first-order valence-electron chi connectivity index (χ1n) is 13.3. The van der Waals surface area contributed by atoms with Gasteiger partial charge in [-0.05, 0) is 70.5 Å². The number of allylic oxidation sites excluding steroid dienone is 4. The van der Waals surface area contributed by atoms with Gasteiger partial charge in [0.2, 0.25) is 0 Å². The fourth-order valence-corrected chi connectivity index (χ4v) is 3.97. The Bertz CT molecular complexity index is 1420. The van der Waals surface area contributed by atoms with Crippen LogP contribution < -0.4 is 5.32 Å². The standard InChI is InChI=1S/C31H35F3N6O/c1-6-7-8-9-22(2)37-38-23(3)10-11-25-18-27(20-35-24(25)4)30(41)36-28-13-12-26(29(19-28)31(32,33)34)21-40-16-14-39(5)15-17-40/h6-9,12-13,18-20H,14-17,21H2,1-5H3,(H,36,41)/b7-6-,9-8-,37-22+,38-23+. The van der Waals surface area contributed by atoms with Gasteiger partial charge in [-0.25, -0.2) is 0 Å². The van der Waals surface area contributed by atoms with Crippen LogP contribution in [0.1, 0.15) is 53.5 Å². The molecule has 0 spiro atoms. The van der Waals surface area contributed by atoms with E-state index in [0.29, 0.717) is 35.8 Å². The van der Waals surface area contributed by atoms with Crippen LogP contribution >= 0.6 is 0 Å². The van der Waals surface area contributed by atoms with Crippen molar-refractivity contribution in [2.45, 2.75) is 40.4 Å². The van der Waals surface area contributed by atoms with Gasteiger partial charge < -0.3 is 10.2 Å². The Morgan fingerprint density at radius 3 is 2.54 bits per heavy atom. The molecule has 7 nitrogen and oxygen atoms in total. The Hall–Kier alpha value is -4.07. The lowest BCUT2D eigenvalue weighted by atomic mass is 10.0. The summed E-state index contributed by atoms with van der Waals surface area (Å²) in [5.41, 5.74) is 1.93. The minimum absolute atomic E-state index is 0.0531. The number of alkyl halides is 3. The summed E-state index contributed by atoms with van der Waals surface area (Å²) in [5, 5.41) is 10.8. The van der Waals surface area contributed by atoms with Crippen molar-refractivity contribution in [1.29, 1.82) is 0 Å². The smallest absolute Gasteiger partial charge is 0.322 e. The van der Waals surface area contributed by atoms with E-state index in [-0.39, 0.29) is 23.4 Å². The van der Waals surface area contributed by atoms with Gasteiger partial charge in [-0.2, -0.15) is 18.3 Å². The number of piperazine rings is 1. The molecule has 0 atom stereocenters. The summed E-state index contributed by atoms with van der Waals surface area (Å²) in [7, 11) is 1.99. The summed E-state index contributed by atoms with van der Waals surface area (Å²) in [6.45, 7) is 10.4. The van der Waals surface area contributed by atoms with Crippen LogP contribution in [-0.2, 0) is 12.7 Å². The zero-order valence-electron chi connectivity index (χ0n) is 24.0. The summed E-state index contributed by atoms with van der Waals surface area (Å²) < 4.78 is 41.8. The third-order valence-electron chi connectivity index (χ3n) is 6.39. The van der Waals surface area contributed by atoms with E-state index in [1.165, 1.54) is 18.3 Å². The number of carbonyl (C=O) groups is 1. The van der Waals surface area contributed by atoms with Crippen LogP contribution in [0.4, 0.5) is 18.9 Å². The van der Waals surface area contributed by atoms with Crippen LogP contribution in [0.25, 0.3) is 0 Å². The first kappa shape index (κ1) is 31.5. The molecule has 1 aromatic heterocycles. The number of likely N-dealkylation sites (N-methyl/N-ethyl adjacent to an activating group) is 1. The number of rotatable bonds is 7. The maximum Gasteiger partial charge on any atom is 0.416 e. The van der Waals surface area contributed by atoms with Gasteiger partial charge in [-0.15, -0.1) is 5.10 Å². The van der Waals surface area contributed by atoms with Gasteiger partial charge in [0.1, 0.15) is 5.71 Å². The topological polar surface area (TPSA) is 73.2 Å². The van der Waals surface area contributed by atoms with Gasteiger partial charge in [-0.3, -0.25) is 14.7 Å². The SMILES string of the molecule is C\C=C/C=C\C(C)=N\N=C(/C)C#Cc1cc(C(=O)Nc2ccc(CN3CCN(C)CC3)c(C(F)(F)F)c2)cnc1C. The number of benzene rings is 1. The van der Waals surface area contributed by atoms with Crippen LogP contribution in [0.2, 0.25) is 0 Å². The van der Waals surface area contributed by atoms with Crippen molar-refractivity contribution < 1.29 is 18.0 Å². The van der Waals surface area contributed by atoms with E-state index >= 15 is 0 Å². The molecule has 0 aliphatic carbocycles. The number of aromatic nitrogens is 1. The molecule has 1 aliphatic heterocycles. The largest absolute Gasteiger partial charge is 0.416 e. The van der Waals surface area contributed by atoms with Crippen molar-refractivity contribution in [3.8, 4) is 11.8 Å². The van der Waals surface area contributed by atoms with E-state index in [2.05, 4.69) is 37.2 Å². The number of halogens is 3. The van der Waals surface area contributed by atoms with Crippen molar-refractivity contribution in [2.75, 3.05) is 38.5 Å². The maximum atomic E-state index is 13.9. The quantitative estimate of drug-likeness (QED) is 0.202. The second-order valence-electron chi connectivity index (χ2n) is 9.82. The minimum atomic E-state index is -4.55. The van der Waals surface area contributed by atoms with Crippen LogP contribution in [-0.4, -0.2) is 65.3 Å². The molecule has 0 unspecified atom stereocenters. The fourth-order valence-electron chi connectivity index (χ4n) is 3.97. The summed E-state index contributed by atoms with van der Waals surface area (Å²) in [5.74, 6) is 5.26. The Morgan fingerprint density at radius 1 is 1.12 bits per heavy atom. The Kier molecular flexibility index (Phi) is 11.1. The van der Waals surface area contributed by atoms with E-state index in [9.17, 15) is 18.0 Å². The third-order valence-corrected chi connectivity index (χ3v) is 6.39. The average molecular weight is 565 g/mol. The number of hydrogen-bond acceptors (Lipinski definition) is 6. The first-order chi connectivity index (χ1) is 19.5. The summed E-state index contributed by atoms with van der Waals surface area (Å²) in [6, 6.07) is 5.47. The molecule has 1 fully saturated rings. The van der Waals surface area contributed by atoms with E-state index < -0.39 is 17.6 Å². The minimum Gasteiger partial charge on any atom is -0.322 e. The number of pyridine rings is 1. The summed E-state index contributed by atoms with van der Waals surface area (Å²) in [4.78, 5) is 21.3. The Labute approximate surface area is 239 Å². The summed E-state index contributed by atoms with van der Waals surface area (Å²) in [6.07, 6.45) is 4.27. The predicted octanol–water partition coefficient (Wildman–Crippen LogP) is 5.73. The zero-order valence-corrected chi connectivity index (χ0v) is 24.0. The highest BCUT2D eigenvalue weighted by Crippen LogP contribution is 2.34. The van der Waals surface area contributed by atoms with E-state index in [1.54, 1.807) is 19.9 Å². The molecule has 0 bridgehead atoms. The highest BCUT2D eigenvalue weighted by molar-refractivity contribution is 6.04. The number of nitrogens with one attached hydrogen (secondary N) is 1. The number of nitrogens with zero attached hydrogens (tertiary/aromatic N) is 5. The normalized spacial score (nSPS) is 15.8. The van der Waals surface area contributed by atoms with Crippen molar-refractivity contribution >= 4 is 23.0 Å². The van der Waals surface area contributed by atoms with Crippen LogP contribution in [0.15, 0.2) is 65.0 Å². The molecule has 0 saturated carbocycles. The number of anilines is 1. The van der Waals surface area contributed by atoms with Crippen LogP contribution in [0.5, 0.6) is 0 Å². The van der Waals surface area contributed by atoms with E-state index in [1.807, 2.05) is 50.1 Å². The molecule has 1 amide bonds. The van der Waals surface area contributed by atoms with Gasteiger partial charge in [0.25, 0.3) is 5.91 Å². The number of aryl methyl sites for hydroxylation is 1. The molecule has 2 aromatic rings. The van der Waals surface area contributed by atoms with Crippen molar-refractivity contribution in [1.82, 2.24) is 14.8 Å². The molecule has 3 rings (SSSR count). The van der Waals surface area contributed by atoms with Gasteiger partial charge in [0.15, 0.2) is 0 Å². The lowest BCUT2D eigenvalue weighted by Crippen LogP contribution is -2.44. The van der Waals surface area contributed by atoms with Gasteiger partial charge in [-0.1, -0.05) is 30.2 Å². The van der Waals surface area contributed by atoms with Crippen molar-refractivity contribution in [3.05, 3.63) is 82.7 Å². The lowest BCUT2D eigenvalue weighted by molar-refractivity contribution is -0.138. The molecule has 1 aliphatic rings. The third kappa shape index (κ3) is 9.81. The molecule has 0 radical (unpaired) electrons. The van der Waals surface area contributed by atoms with Gasteiger partial charge in [0.05, 0.1) is 22.5 Å². The fraction of sp³-hybridized carbons (Fsp3) is 0.355. The van der Waals surface area contributed by atoms with Crippen molar-refractivity contribution in [2.24, 2.45) is 10.2 Å². The van der Waals surface area contributed by atoms with Crippen LogP contribution in [0.3, 0.4) is 0 Å². The lowest BCUT2D eigenvalue weighted by Gasteiger charge is -2.33. The highest BCUT2D eigenvalue weighted by Gasteiger charge is 2.34. The van der Waals surface area contributed by atoms with Crippen molar-refractivity contribution in [3.63, 3.8) is 0 Å². The molecule has 2 heterocycles. The van der Waals surface area contributed by atoms with Gasteiger partial charge >= 0.3 is 6.18 Å².